The average Bonchev–Trinajstić information content (AvgIpc) is 3.06. The number of aliphatic hydroxyl groups is 1. The number of halogens is 2. The lowest BCUT2D eigenvalue weighted by Crippen LogP contribution is -2.52. The van der Waals surface area contributed by atoms with Gasteiger partial charge in [-0.25, -0.2) is 17.2 Å². The number of aliphatic hydroxyl groups excluding tert-OH is 1. The quantitative estimate of drug-likeness (QED) is 0.131. The molecule has 262 valence electrons. The Kier molecular flexibility index (Phi) is 15.6. The SMILES string of the molecule is CCCC(CCC)S(=O)(=O)CC(CNC(=O)c1ccccc1)C(=O)NC(Cc1cc(F)cc(F)c1)C(O)CNCc1cccc(CC)c1. The second-order valence-corrected chi connectivity index (χ2v) is 14.6. The molecule has 2 amide bonds. The van der Waals surface area contributed by atoms with Crippen LogP contribution < -0.4 is 16.0 Å². The zero-order valence-corrected chi connectivity index (χ0v) is 28.9. The maximum atomic E-state index is 14.1. The molecule has 8 nitrogen and oxygen atoms in total. The topological polar surface area (TPSA) is 125 Å². The van der Waals surface area contributed by atoms with Crippen LogP contribution in [0.3, 0.4) is 0 Å². The summed E-state index contributed by atoms with van der Waals surface area (Å²) >= 11 is 0. The predicted octanol–water partition coefficient (Wildman–Crippen LogP) is 5.14. The van der Waals surface area contributed by atoms with Crippen molar-refractivity contribution in [2.24, 2.45) is 5.92 Å². The van der Waals surface area contributed by atoms with Gasteiger partial charge in [-0.05, 0) is 66.6 Å². The van der Waals surface area contributed by atoms with Crippen LogP contribution in [0.1, 0.15) is 73.5 Å². The van der Waals surface area contributed by atoms with Crippen LogP contribution >= 0.6 is 0 Å². The summed E-state index contributed by atoms with van der Waals surface area (Å²) in [5.41, 5.74) is 2.72. The van der Waals surface area contributed by atoms with Crippen LogP contribution in [-0.2, 0) is 34.0 Å². The van der Waals surface area contributed by atoms with Gasteiger partial charge in [0.1, 0.15) is 11.6 Å². The molecule has 3 aromatic carbocycles. The number of carbonyl (C=O) groups is 2. The van der Waals surface area contributed by atoms with Crippen molar-refractivity contribution in [2.75, 3.05) is 18.8 Å². The fourth-order valence-corrected chi connectivity index (χ4v) is 8.02. The molecule has 0 saturated heterocycles. The van der Waals surface area contributed by atoms with Crippen LogP contribution in [0.25, 0.3) is 0 Å². The molecule has 48 heavy (non-hydrogen) atoms. The van der Waals surface area contributed by atoms with E-state index in [-0.39, 0.29) is 25.1 Å². The summed E-state index contributed by atoms with van der Waals surface area (Å²) in [6.07, 6.45) is 1.73. The highest BCUT2D eigenvalue weighted by molar-refractivity contribution is 7.92. The third kappa shape index (κ3) is 12.4. The first kappa shape index (κ1) is 38.8. The van der Waals surface area contributed by atoms with E-state index in [2.05, 4.69) is 22.9 Å². The molecule has 0 spiro atoms. The molecule has 0 radical (unpaired) electrons. The summed E-state index contributed by atoms with van der Waals surface area (Å²) in [6, 6.07) is 18.3. The molecule has 3 atom stereocenters. The first-order chi connectivity index (χ1) is 22.9. The van der Waals surface area contributed by atoms with E-state index in [0.717, 1.165) is 35.7 Å². The smallest absolute Gasteiger partial charge is 0.251 e. The van der Waals surface area contributed by atoms with Crippen molar-refractivity contribution in [3.8, 4) is 0 Å². The summed E-state index contributed by atoms with van der Waals surface area (Å²) in [7, 11) is -3.77. The highest BCUT2D eigenvalue weighted by Gasteiger charge is 2.33. The van der Waals surface area contributed by atoms with E-state index in [9.17, 15) is 31.9 Å². The van der Waals surface area contributed by atoms with Crippen molar-refractivity contribution in [3.63, 3.8) is 0 Å². The first-order valence-electron chi connectivity index (χ1n) is 16.7. The first-order valence-corrected chi connectivity index (χ1v) is 18.4. The van der Waals surface area contributed by atoms with Gasteiger partial charge in [0, 0.05) is 31.3 Å². The minimum atomic E-state index is -3.77. The van der Waals surface area contributed by atoms with Gasteiger partial charge in [0.15, 0.2) is 9.84 Å². The standard InChI is InChI=1S/C37H49F2N3O5S/c1-4-11-33(12-5-2)48(46,47)25-30(23-41-36(44)29-15-8-7-9-16-29)37(45)42-34(20-28-18-31(38)21-32(39)19-28)35(43)24-40-22-27-14-10-13-26(6-3)17-27/h7-10,13-19,21,30,33-35,40,43H,4-6,11-12,20,22-25H2,1-3H3,(H,41,44)(H,42,45). The van der Waals surface area contributed by atoms with E-state index in [4.69, 9.17) is 0 Å². The number of benzene rings is 3. The van der Waals surface area contributed by atoms with Gasteiger partial charge in [0.25, 0.3) is 5.91 Å². The van der Waals surface area contributed by atoms with Gasteiger partial charge < -0.3 is 21.1 Å². The van der Waals surface area contributed by atoms with Crippen molar-refractivity contribution in [3.05, 3.63) is 107 Å². The molecule has 0 aliphatic heterocycles. The molecule has 4 N–H and O–H groups in total. The number of carbonyl (C=O) groups excluding carboxylic acids is 2. The Morgan fingerprint density at radius 1 is 0.812 bits per heavy atom. The average molecular weight is 686 g/mol. The van der Waals surface area contributed by atoms with Crippen LogP contribution in [0.4, 0.5) is 8.78 Å². The highest BCUT2D eigenvalue weighted by Crippen LogP contribution is 2.19. The molecule has 11 heteroatoms. The lowest BCUT2D eigenvalue weighted by molar-refractivity contribution is -0.125. The predicted molar refractivity (Wildman–Crippen MR) is 185 cm³/mol. The number of rotatable bonds is 20. The van der Waals surface area contributed by atoms with Crippen LogP contribution in [0.2, 0.25) is 0 Å². The number of sulfone groups is 1. The van der Waals surface area contributed by atoms with Crippen LogP contribution in [0.15, 0.2) is 72.8 Å². The minimum absolute atomic E-state index is 0.0296. The molecule has 0 heterocycles. The Hall–Kier alpha value is -3.67. The Balaban J connectivity index is 1.85. The number of amides is 2. The maximum absolute atomic E-state index is 14.1. The van der Waals surface area contributed by atoms with Gasteiger partial charge in [0.2, 0.25) is 5.91 Å². The van der Waals surface area contributed by atoms with E-state index >= 15 is 0 Å². The summed E-state index contributed by atoms with van der Waals surface area (Å²) in [4.78, 5) is 26.8. The molecular formula is C37H49F2N3O5S. The summed E-state index contributed by atoms with van der Waals surface area (Å²) in [5.74, 6) is -4.47. The van der Waals surface area contributed by atoms with Gasteiger partial charge in [-0.3, -0.25) is 9.59 Å². The van der Waals surface area contributed by atoms with Crippen molar-refractivity contribution < 1.29 is 31.9 Å². The molecule has 0 saturated carbocycles. The molecule has 0 aromatic heterocycles. The lowest BCUT2D eigenvalue weighted by Gasteiger charge is -2.28. The fourth-order valence-electron chi connectivity index (χ4n) is 5.73. The van der Waals surface area contributed by atoms with E-state index in [1.165, 1.54) is 0 Å². The Bertz CT molecular complexity index is 1550. The number of hydrogen-bond donors (Lipinski definition) is 4. The summed E-state index contributed by atoms with van der Waals surface area (Å²) < 4.78 is 55.5. The second kappa shape index (κ2) is 19.4. The van der Waals surface area contributed by atoms with Crippen molar-refractivity contribution in [1.82, 2.24) is 16.0 Å². The Morgan fingerprint density at radius 2 is 1.46 bits per heavy atom. The van der Waals surface area contributed by atoms with Crippen molar-refractivity contribution in [1.29, 1.82) is 0 Å². The van der Waals surface area contributed by atoms with Gasteiger partial charge in [-0.15, -0.1) is 0 Å². The number of hydrogen-bond acceptors (Lipinski definition) is 6. The van der Waals surface area contributed by atoms with Crippen LogP contribution in [0.5, 0.6) is 0 Å². The summed E-state index contributed by atoms with van der Waals surface area (Å²) in [6.45, 7) is 6.05. The zero-order chi connectivity index (χ0) is 35.1. The molecule has 0 aliphatic carbocycles. The molecule has 3 aromatic rings. The minimum Gasteiger partial charge on any atom is -0.390 e. The van der Waals surface area contributed by atoms with Crippen molar-refractivity contribution >= 4 is 21.7 Å². The summed E-state index contributed by atoms with van der Waals surface area (Å²) in [5, 5.41) is 19.3. The second-order valence-electron chi connectivity index (χ2n) is 12.3. The largest absolute Gasteiger partial charge is 0.390 e. The Morgan fingerprint density at radius 3 is 2.08 bits per heavy atom. The van der Waals surface area contributed by atoms with E-state index in [0.29, 0.717) is 37.8 Å². The highest BCUT2D eigenvalue weighted by atomic mass is 32.2. The van der Waals surface area contributed by atoms with Gasteiger partial charge in [-0.1, -0.05) is 76.1 Å². The number of nitrogens with one attached hydrogen (secondary N) is 3. The molecule has 3 unspecified atom stereocenters. The lowest BCUT2D eigenvalue weighted by atomic mass is 9.99. The zero-order valence-electron chi connectivity index (χ0n) is 28.1. The van der Waals surface area contributed by atoms with Gasteiger partial charge in [-0.2, -0.15) is 0 Å². The third-order valence-electron chi connectivity index (χ3n) is 8.33. The molecule has 0 aliphatic rings. The van der Waals surface area contributed by atoms with Crippen LogP contribution in [-0.4, -0.2) is 61.6 Å². The van der Waals surface area contributed by atoms with E-state index in [1.54, 1.807) is 30.3 Å². The van der Waals surface area contributed by atoms with Crippen LogP contribution in [0, 0.1) is 17.6 Å². The molecule has 3 rings (SSSR count). The maximum Gasteiger partial charge on any atom is 0.251 e. The van der Waals surface area contributed by atoms with E-state index < -0.39 is 62.4 Å². The van der Waals surface area contributed by atoms with Gasteiger partial charge in [0.05, 0.1) is 29.1 Å². The monoisotopic (exact) mass is 685 g/mol. The molecule has 0 fully saturated rings. The molecular weight excluding hydrogens is 636 g/mol. The van der Waals surface area contributed by atoms with E-state index in [1.807, 2.05) is 38.1 Å². The third-order valence-corrected chi connectivity index (χ3v) is 10.7. The van der Waals surface area contributed by atoms with Gasteiger partial charge >= 0.3 is 0 Å². The van der Waals surface area contributed by atoms with Crippen molar-refractivity contribution in [2.45, 2.75) is 83.2 Å². The normalized spacial score (nSPS) is 13.6. The molecule has 0 bridgehead atoms. The number of aryl methyl sites for hydroxylation is 1. The fraction of sp³-hybridized carbons (Fsp3) is 0.459. The Labute approximate surface area is 283 Å².